The van der Waals surface area contributed by atoms with Crippen LogP contribution in [0, 0.1) is 5.92 Å². The molecule has 2 saturated heterocycles. The Kier molecular flexibility index (Phi) is 8.67. The summed E-state index contributed by atoms with van der Waals surface area (Å²) in [6.45, 7) is 9.08. The Morgan fingerprint density at radius 1 is 1.03 bits per heavy atom. The average Bonchev–Trinajstić information content (AvgIpc) is 3.36. The Labute approximate surface area is 204 Å². The van der Waals surface area contributed by atoms with Crippen molar-refractivity contribution in [3.63, 3.8) is 0 Å². The average molecular weight is 496 g/mol. The van der Waals surface area contributed by atoms with Gasteiger partial charge in [-0.15, -0.1) is 10.2 Å². The molecule has 0 spiro atoms. The number of halogens is 2. The first-order valence-corrected chi connectivity index (χ1v) is 11.8. The number of anilines is 2. The van der Waals surface area contributed by atoms with Crippen molar-refractivity contribution in [3.05, 3.63) is 34.6 Å². The van der Waals surface area contributed by atoms with Crippen molar-refractivity contribution in [1.82, 2.24) is 20.4 Å². The predicted molar refractivity (Wildman–Crippen MR) is 130 cm³/mol. The molecule has 0 aliphatic carbocycles. The number of ether oxygens (including phenoxy) is 1. The zero-order chi connectivity index (χ0) is 24.0. The maximum Gasteiger partial charge on any atom is 0.306 e. The molecule has 2 N–H and O–H groups in total. The molecule has 0 aromatic carbocycles. The molecule has 9 nitrogen and oxygen atoms in total. The standard InChI is InChI=1S/C14H20ClN3O2.C8H11ClN4/c1-14(2,3)20-13(19)6-10-4-5-18(9-10)12-7-11(15)8-16-17-12;9-6-3-8(12-11-4-6)13-2-1-7(10)5-13/h7-8,10H,4-6,9H2,1-3H3;3-4,7H,1-2,5,10H2/t10-;7-/m01/s1. The highest BCUT2D eigenvalue weighted by Gasteiger charge is 2.28. The van der Waals surface area contributed by atoms with Gasteiger partial charge in [-0.3, -0.25) is 4.79 Å². The van der Waals surface area contributed by atoms with Gasteiger partial charge in [0.2, 0.25) is 0 Å². The van der Waals surface area contributed by atoms with Crippen LogP contribution in [-0.4, -0.2) is 64.2 Å². The van der Waals surface area contributed by atoms with Crippen LogP contribution in [0.1, 0.15) is 40.0 Å². The summed E-state index contributed by atoms with van der Waals surface area (Å²) in [6.07, 6.45) is 5.45. The van der Waals surface area contributed by atoms with Gasteiger partial charge < -0.3 is 20.3 Å². The largest absolute Gasteiger partial charge is 0.460 e. The van der Waals surface area contributed by atoms with Crippen LogP contribution in [0.15, 0.2) is 24.5 Å². The van der Waals surface area contributed by atoms with E-state index in [9.17, 15) is 4.79 Å². The minimum atomic E-state index is -0.423. The Morgan fingerprint density at radius 3 is 2.06 bits per heavy atom. The minimum Gasteiger partial charge on any atom is -0.460 e. The molecular weight excluding hydrogens is 465 g/mol. The monoisotopic (exact) mass is 495 g/mol. The molecule has 2 aromatic heterocycles. The lowest BCUT2D eigenvalue weighted by molar-refractivity contribution is -0.155. The van der Waals surface area contributed by atoms with Crippen LogP contribution < -0.4 is 15.5 Å². The summed E-state index contributed by atoms with van der Waals surface area (Å²) in [7, 11) is 0. The second-order valence-electron chi connectivity index (χ2n) is 9.35. The van der Waals surface area contributed by atoms with Crippen LogP contribution >= 0.6 is 23.2 Å². The van der Waals surface area contributed by atoms with E-state index in [2.05, 4.69) is 30.2 Å². The lowest BCUT2D eigenvalue weighted by Gasteiger charge is -2.21. The van der Waals surface area contributed by atoms with Crippen LogP contribution in [0.4, 0.5) is 11.6 Å². The molecule has 4 heterocycles. The third-order valence-electron chi connectivity index (χ3n) is 5.25. The van der Waals surface area contributed by atoms with Crippen molar-refractivity contribution in [2.75, 3.05) is 36.0 Å². The van der Waals surface area contributed by atoms with Gasteiger partial charge in [-0.2, -0.15) is 10.2 Å². The van der Waals surface area contributed by atoms with E-state index in [1.165, 1.54) is 12.4 Å². The molecule has 0 unspecified atom stereocenters. The number of rotatable bonds is 4. The van der Waals surface area contributed by atoms with Crippen molar-refractivity contribution < 1.29 is 9.53 Å². The summed E-state index contributed by atoms with van der Waals surface area (Å²) >= 11 is 11.7. The second-order valence-corrected chi connectivity index (χ2v) is 10.2. The third kappa shape index (κ3) is 8.24. The van der Waals surface area contributed by atoms with Crippen molar-refractivity contribution in [2.45, 2.75) is 51.7 Å². The fourth-order valence-electron chi connectivity index (χ4n) is 3.80. The molecule has 180 valence electrons. The van der Waals surface area contributed by atoms with Gasteiger partial charge in [-0.25, -0.2) is 0 Å². The lowest BCUT2D eigenvalue weighted by Crippen LogP contribution is -2.26. The number of carbonyl (C=O) groups excluding carboxylic acids is 1. The summed E-state index contributed by atoms with van der Waals surface area (Å²) in [5.41, 5.74) is 5.35. The van der Waals surface area contributed by atoms with E-state index in [4.69, 9.17) is 33.7 Å². The molecule has 0 radical (unpaired) electrons. The molecule has 0 saturated carbocycles. The molecule has 0 amide bonds. The normalized spacial score (nSPS) is 20.4. The van der Waals surface area contributed by atoms with Crippen molar-refractivity contribution in [3.8, 4) is 0 Å². The molecule has 0 bridgehead atoms. The third-order valence-corrected chi connectivity index (χ3v) is 5.66. The maximum absolute atomic E-state index is 11.8. The molecule has 2 aliphatic heterocycles. The Bertz CT molecular complexity index is 941. The van der Waals surface area contributed by atoms with Crippen molar-refractivity contribution in [2.24, 2.45) is 11.7 Å². The minimum absolute atomic E-state index is 0.137. The number of nitrogens with two attached hydrogens (primary N) is 1. The summed E-state index contributed by atoms with van der Waals surface area (Å²) in [6, 6.07) is 3.86. The topological polar surface area (TPSA) is 110 Å². The number of hydrogen-bond acceptors (Lipinski definition) is 9. The number of hydrogen-bond donors (Lipinski definition) is 1. The Morgan fingerprint density at radius 2 is 1.58 bits per heavy atom. The van der Waals surface area contributed by atoms with E-state index >= 15 is 0 Å². The zero-order valence-corrected chi connectivity index (χ0v) is 20.8. The summed E-state index contributed by atoms with van der Waals surface area (Å²) < 4.78 is 5.35. The highest BCUT2D eigenvalue weighted by molar-refractivity contribution is 6.30. The fourth-order valence-corrected chi connectivity index (χ4v) is 4.08. The number of nitrogens with zero attached hydrogens (tertiary/aromatic N) is 6. The molecular formula is C22H31Cl2N7O2. The molecule has 33 heavy (non-hydrogen) atoms. The summed E-state index contributed by atoms with van der Waals surface area (Å²) in [5.74, 6) is 1.75. The smallest absolute Gasteiger partial charge is 0.306 e. The zero-order valence-electron chi connectivity index (χ0n) is 19.2. The van der Waals surface area contributed by atoms with Crippen LogP contribution in [0.25, 0.3) is 0 Å². The van der Waals surface area contributed by atoms with Crippen molar-refractivity contribution in [1.29, 1.82) is 0 Å². The van der Waals surface area contributed by atoms with E-state index in [0.29, 0.717) is 22.4 Å². The van der Waals surface area contributed by atoms with Gasteiger partial charge in [0.25, 0.3) is 0 Å². The molecule has 2 atom stereocenters. The first-order valence-electron chi connectivity index (χ1n) is 11.0. The van der Waals surface area contributed by atoms with E-state index in [1.807, 2.05) is 26.8 Å². The number of esters is 1. The second kappa shape index (κ2) is 11.3. The van der Waals surface area contributed by atoms with Crippen LogP contribution in [0.5, 0.6) is 0 Å². The maximum atomic E-state index is 11.8. The fraction of sp³-hybridized carbons (Fsp3) is 0.591. The Hall–Kier alpha value is -2.23. The van der Waals surface area contributed by atoms with Gasteiger partial charge in [-0.05, 0) is 39.5 Å². The summed E-state index contributed by atoms with van der Waals surface area (Å²) in [4.78, 5) is 16.0. The highest BCUT2D eigenvalue weighted by atomic mass is 35.5. The molecule has 11 heteroatoms. The van der Waals surface area contributed by atoms with E-state index in [0.717, 1.165) is 50.7 Å². The van der Waals surface area contributed by atoms with Gasteiger partial charge in [0.15, 0.2) is 11.6 Å². The summed E-state index contributed by atoms with van der Waals surface area (Å²) in [5, 5.41) is 16.9. The molecule has 2 fully saturated rings. The first-order chi connectivity index (χ1) is 15.6. The van der Waals surface area contributed by atoms with Gasteiger partial charge in [0, 0.05) is 44.4 Å². The number of aromatic nitrogens is 4. The van der Waals surface area contributed by atoms with Gasteiger partial charge in [-0.1, -0.05) is 23.2 Å². The Balaban J connectivity index is 0.000000203. The predicted octanol–water partition coefficient (Wildman–Crippen LogP) is 3.36. The van der Waals surface area contributed by atoms with Crippen LogP contribution in [0.3, 0.4) is 0 Å². The molecule has 2 aliphatic rings. The van der Waals surface area contributed by atoms with Crippen LogP contribution in [0.2, 0.25) is 10.0 Å². The SMILES string of the molecule is CC(C)(C)OC(=O)C[C@@H]1CCN(c2cc(Cl)cnn2)C1.N[C@@H]1CCN(c2cc(Cl)cnn2)C1. The van der Waals surface area contributed by atoms with E-state index in [-0.39, 0.29) is 12.0 Å². The van der Waals surface area contributed by atoms with Gasteiger partial charge in [0.1, 0.15) is 5.60 Å². The number of carbonyl (C=O) groups is 1. The molecule has 4 rings (SSSR count). The van der Waals surface area contributed by atoms with Gasteiger partial charge >= 0.3 is 5.97 Å². The van der Waals surface area contributed by atoms with E-state index < -0.39 is 5.60 Å². The lowest BCUT2D eigenvalue weighted by atomic mass is 10.1. The highest BCUT2D eigenvalue weighted by Crippen LogP contribution is 2.26. The van der Waals surface area contributed by atoms with Crippen LogP contribution in [-0.2, 0) is 9.53 Å². The van der Waals surface area contributed by atoms with Crippen molar-refractivity contribution >= 4 is 40.8 Å². The molecule has 2 aromatic rings. The first kappa shape index (κ1) is 25.4. The quantitative estimate of drug-likeness (QED) is 0.637. The van der Waals surface area contributed by atoms with E-state index in [1.54, 1.807) is 6.07 Å². The van der Waals surface area contributed by atoms with Gasteiger partial charge in [0.05, 0.1) is 28.9 Å².